The van der Waals surface area contributed by atoms with E-state index in [1.54, 1.807) is 4.90 Å². The topological polar surface area (TPSA) is 20.3 Å². The van der Waals surface area contributed by atoms with Crippen molar-refractivity contribution in [1.82, 2.24) is 0 Å². The Balaban J connectivity index is 1.98. The number of hydrogen-bond donors (Lipinski definition) is 0. The van der Waals surface area contributed by atoms with Gasteiger partial charge in [-0.15, -0.1) is 0 Å². The van der Waals surface area contributed by atoms with Gasteiger partial charge in [0.1, 0.15) is 0 Å². The van der Waals surface area contributed by atoms with Gasteiger partial charge in [-0.2, -0.15) is 0 Å². The summed E-state index contributed by atoms with van der Waals surface area (Å²) in [4.78, 5) is 14.7. The standard InChI is InChI=1S/C23H20ClNO/c1-15-6-5-8-18(12-15)20-13-22(26)25(14-16(2)24)21-11-10-17-7-3-4-9-19(17)23(20)21/h3-12,20H,2,13-14H2,1H3. The molecule has 2 nitrogen and oxygen atoms in total. The highest BCUT2D eigenvalue weighted by atomic mass is 35.5. The minimum absolute atomic E-state index is 0.0448. The summed E-state index contributed by atoms with van der Waals surface area (Å²) in [5.41, 5.74) is 4.52. The van der Waals surface area contributed by atoms with E-state index < -0.39 is 0 Å². The molecule has 0 radical (unpaired) electrons. The highest BCUT2D eigenvalue weighted by Crippen LogP contribution is 2.44. The van der Waals surface area contributed by atoms with E-state index >= 15 is 0 Å². The average molecular weight is 362 g/mol. The van der Waals surface area contributed by atoms with Crippen molar-refractivity contribution in [2.24, 2.45) is 0 Å². The van der Waals surface area contributed by atoms with Gasteiger partial charge in [-0.25, -0.2) is 0 Å². The summed E-state index contributed by atoms with van der Waals surface area (Å²) in [7, 11) is 0. The molecule has 1 aliphatic heterocycles. The van der Waals surface area contributed by atoms with E-state index in [1.165, 1.54) is 27.5 Å². The zero-order valence-electron chi connectivity index (χ0n) is 14.7. The van der Waals surface area contributed by atoms with Gasteiger partial charge >= 0.3 is 0 Å². The molecule has 1 unspecified atom stereocenters. The van der Waals surface area contributed by atoms with Crippen LogP contribution in [0.25, 0.3) is 10.8 Å². The van der Waals surface area contributed by atoms with Gasteiger partial charge in [0.25, 0.3) is 0 Å². The van der Waals surface area contributed by atoms with Crippen molar-refractivity contribution in [2.75, 3.05) is 11.4 Å². The number of halogens is 1. The normalized spacial score (nSPS) is 16.6. The lowest BCUT2D eigenvalue weighted by Gasteiger charge is -2.35. The predicted molar refractivity (Wildman–Crippen MR) is 109 cm³/mol. The first-order valence-corrected chi connectivity index (χ1v) is 9.14. The molecular formula is C23H20ClNO. The lowest BCUT2D eigenvalue weighted by molar-refractivity contribution is -0.119. The lowest BCUT2D eigenvalue weighted by atomic mass is 9.81. The Bertz CT molecular complexity index is 1020. The molecule has 26 heavy (non-hydrogen) atoms. The number of rotatable bonds is 3. The number of nitrogens with zero attached hydrogens (tertiary/aromatic N) is 1. The second-order valence-corrected chi connectivity index (χ2v) is 7.42. The average Bonchev–Trinajstić information content (AvgIpc) is 2.63. The van der Waals surface area contributed by atoms with Crippen molar-refractivity contribution in [2.45, 2.75) is 19.3 Å². The Morgan fingerprint density at radius 2 is 1.96 bits per heavy atom. The molecule has 1 amide bonds. The van der Waals surface area contributed by atoms with Gasteiger partial charge in [-0.05, 0) is 34.9 Å². The van der Waals surface area contributed by atoms with E-state index in [1.807, 2.05) is 12.1 Å². The fourth-order valence-corrected chi connectivity index (χ4v) is 4.04. The van der Waals surface area contributed by atoms with Gasteiger partial charge in [0, 0.05) is 23.1 Å². The third-order valence-corrected chi connectivity index (χ3v) is 5.16. The van der Waals surface area contributed by atoms with Crippen LogP contribution in [-0.2, 0) is 4.79 Å². The number of carbonyl (C=O) groups is 1. The van der Waals surface area contributed by atoms with Crippen LogP contribution < -0.4 is 4.90 Å². The van der Waals surface area contributed by atoms with Crippen molar-refractivity contribution in [3.8, 4) is 0 Å². The molecule has 4 rings (SSSR count). The van der Waals surface area contributed by atoms with Gasteiger partial charge in [-0.1, -0.05) is 78.3 Å². The van der Waals surface area contributed by atoms with Crippen LogP contribution in [0.2, 0.25) is 0 Å². The number of amides is 1. The van der Waals surface area contributed by atoms with Gasteiger partial charge in [0.2, 0.25) is 5.91 Å². The number of carbonyl (C=O) groups excluding carboxylic acids is 1. The maximum absolute atomic E-state index is 12.9. The van der Waals surface area contributed by atoms with Crippen LogP contribution in [0.5, 0.6) is 0 Å². The first-order valence-electron chi connectivity index (χ1n) is 8.76. The molecule has 0 bridgehead atoms. The summed E-state index contributed by atoms with van der Waals surface area (Å²) in [6, 6.07) is 20.9. The van der Waals surface area contributed by atoms with Gasteiger partial charge in [0.15, 0.2) is 0 Å². The molecule has 130 valence electrons. The van der Waals surface area contributed by atoms with Crippen LogP contribution in [0.1, 0.15) is 29.0 Å². The number of benzene rings is 3. The summed E-state index contributed by atoms with van der Waals surface area (Å²) < 4.78 is 0. The summed E-state index contributed by atoms with van der Waals surface area (Å²) in [5, 5.41) is 2.84. The highest BCUT2D eigenvalue weighted by Gasteiger charge is 2.33. The smallest absolute Gasteiger partial charge is 0.228 e. The fraction of sp³-hybridized carbons (Fsp3) is 0.174. The summed E-state index contributed by atoms with van der Waals surface area (Å²) >= 11 is 6.05. The number of anilines is 1. The van der Waals surface area contributed by atoms with Gasteiger partial charge in [-0.3, -0.25) is 4.79 Å². The molecule has 0 N–H and O–H groups in total. The first-order chi connectivity index (χ1) is 12.5. The molecule has 1 heterocycles. The lowest BCUT2D eigenvalue weighted by Crippen LogP contribution is -2.37. The summed E-state index contributed by atoms with van der Waals surface area (Å²) in [6.45, 7) is 6.20. The number of fused-ring (bicyclic) bond motifs is 3. The van der Waals surface area contributed by atoms with Crippen molar-refractivity contribution < 1.29 is 4.79 Å². The molecule has 3 aromatic rings. The van der Waals surface area contributed by atoms with Crippen LogP contribution in [0.4, 0.5) is 5.69 Å². The van der Waals surface area contributed by atoms with Crippen LogP contribution in [-0.4, -0.2) is 12.5 Å². The zero-order valence-corrected chi connectivity index (χ0v) is 15.5. The minimum atomic E-state index is 0.0448. The molecule has 0 aliphatic carbocycles. The molecule has 1 atom stereocenters. The highest BCUT2D eigenvalue weighted by molar-refractivity contribution is 6.30. The van der Waals surface area contributed by atoms with E-state index in [2.05, 4.69) is 62.0 Å². The Kier molecular flexibility index (Phi) is 4.29. The molecule has 0 saturated heterocycles. The fourth-order valence-electron chi connectivity index (χ4n) is 3.92. The van der Waals surface area contributed by atoms with E-state index in [0.29, 0.717) is 18.0 Å². The van der Waals surface area contributed by atoms with Gasteiger partial charge in [0.05, 0.1) is 6.54 Å². The monoisotopic (exact) mass is 361 g/mol. The predicted octanol–water partition coefficient (Wildman–Crippen LogP) is 5.77. The van der Waals surface area contributed by atoms with Crippen molar-refractivity contribution in [1.29, 1.82) is 0 Å². The van der Waals surface area contributed by atoms with Crippen molar-refractivity contribution in [3.63, 3.8) is 0 Å². The van der Waals surface area contributed by atoms with E-state index in [4.69, 9.17) is 11.6 Å². The Morgan fingerprint density at radius 3 is 2.73 bits per heavy atom. The molecule has 0 fully saturated rings. The molecule has 0 saturated carbocycles. The van der Waals surface area contributed by atoms with Crippen LogP contribution in [0.15, 0.2) is 72.3 Å². The summed E-state index contributed by atoms with van der Waals surface area (Å²) in [6.07, 6.45) is 0.439. The second-order valence-electron chi connectivity index (χ2n) is 6.89. The van der Waals surface area contributed by atoms with Crippen LogP contribution in [0.3, 0.4) is 0 Å². The molecule has 0 aromatic heterocycles. The Hall–Kier alpha value is -2.58. The van der Waals surface area contributed by atoms with E-state index in [-0.39, 0.29) is 11.8 Å². The third-order valence-electron chi connectivity index (χ3n) is 5.04. The van der Waals surface area contributed by atoms with Crippen LogP contribution >= 0.6 is 11.6 Å². The molecule has 3 heteroatoms. The third kappa shape index (κ3) is 2.91. The van der Waals surface area contributed by atoms with E-state index in [9.17, 15) is 4.79 Å². The Morgan fingerprint density at radius 1 is 1.15 bits per heavy atom. The maximum atomic E-state index is 12.9. The second kappa shape index (κ2) is 6.62. The Labute approximate surface area is 158 Å². The van der Waals surface area contributed by atoms with Gasteiger partial charge < -0.3 is 4.90 Å². The molecular weight excluding hydrogens is 342 g/mol. The molecule has 1 aliphatic rings. The zero-order chi connectivity index (χ0) is 18.3. The largest absolute Gasteiger partial charge is 0.307 e. The van der Waals surface area contributed by atoms with Crippen molar-refractivity contribution >= 4 is 34.0 Å². The first kappa shape index (κ1) is 16.9. The number of aryl methyl sites for hydroxylation is 1. The minimum Gasteiger partial charge on any atom is -0.307 e. The SMILES string of the molecule is C=C(Cl)CN1C(=O)CC(c2cccc(C)c2)c2c1ccc1ccccc21. The van der Waals surface area contributed by atoms with Crippen LogP contribution in [0, 0.1) is 6.92 Å². The summed E-state index contributed by atoms with van der Waals surface area (Å²) in [5.74, 6) is 0.129. The molecule has 3 aromatic carbocycles. The van der Waals surface area contributed by atoms with E-state index in [0.717, 1.165) is 5.69 Å². The number of hydrogen-bond acceptors (Lipinski definition) is 1. The maximum Gasteiger partial charge on any atom is 0.228 e. The quantitative estimate of drug-likeness (QED) is 0.580. The molecule has 0 spiro atoms. The van der Waals surface area contributed by atoms with Crippen molar-refractivity contribution in [3.05, 3.63) is 89.0 Å².